The standard InChI is InChI=1S/C16H31N5/c1-4-17-11-15-13-21(19-18-15)10-9-20(12-14(2)3)16-7-5-6-8-16/h13-14,16-17H,4-12H2,1-3H3. The van der Waals surface area contributed by atoms with E-state index in [4.69, 9.17) is 0 Å². The summed E-state index contributed by atoms with van der Waals surface area (Å²) in [5, 5.41) is 11.8. The third kappa shape index (κ3) is 5.40. The molecule has 0 radical (unpaired) electrons. The lowest BCUT2D eigenvalue weighted by atomic mass is 10.1. The van der Waals surface area contributed by atoms with Crippen LogP contribution in [0.3, 0.4) is 0 Å². The number of rotatable bonds is 9. The van der Waals surface area contributed by atoms with Crippen molar-refractivity contribution in [1.82, 2.24) is 25.2 Å². The zero-order chi connectivity index (χ0) is 15.1. The van der Waals surface area contributed by atoms with Gasteiger partial charge in [0.1, 0.15) is 0 Å². The highest BCUT2D eigenvalue weighted by Crippen LogP contribution is 2.24. The van der Waals surface area contributed by atoms with E-state index < -0.39 is 0 Å². The smallest absolute Gasteiger partial charge is 0.0964 e. The summed E-state index contributed by atoms with van der Waals surface area (Å²) in [5.74, 6) is 0.727. The van der Waals surface area contributed by atoms with Crippen molar-refractivity contribution in [3.8, 4) is 0 Å². The van der Waals surface area contributed by atoms with Gasteiger partial charge in [0.2, 0.25) is 0 Å². The first-order valence-electron chi connectivity index (χ1n) is 8.52. The van der Waals surface area contributed by atoms with E-state index in [0.29, 0.717) is 0 Å². The van der Waals surface area contributed by atoms with Gasteiger partial charge < -0.3 is 5.32 Å². The van der Waals surface area contributed by atoms with Crippen molar-refractivity contribution in [3.05, 3.63) is 11.9 Å². The molecule has 1 saturated carbocycles. The van der Waals surface area contributed by atoms with Gasteiger partial charge in [0, 0.05) is 31.9 Å². The number of hydrogen-bond donors (Lipinski definition) is 1. The fourth-order valence-electron chi connectivity index (χ4n) is 3.17. The molecular formula is C16H31N5. The molecule has 2 rings (SSSR count). The van der Waals surface area contributed by atoms with Crippen LogP contribution in [0.25, 0.3) is 0 Å². The summed E-state index contributed by atoms with van der Waals surface area (Å²) in [6.07, 6.45) is 7.61. The summed E-state index contributed by atoms with van der Waals surface area (Å²) in [5.41, 5.74) is 1.04. The fraction of sp³-hybridized carbons (Fsp3) is 0.875. The Morgan fingerprint density at radius 2 is 2.14 bits per heavy atom. The molecule has 0 bridgehead atoms. The second-order valence-corrected chi connectivity index (χ2v) is 6.58. The maximum absolute atomic E-state index is 4.25. The summed E-state index contributed by atoms with van der Waals surface area (Å²) in [6, 6.07) is 0.789. The monoisotopic (exact) mass is 293 g/mol. The number of nitrogens with one attached hydrogen (secondary N) is 1. The Kier molecular flexibility index (Phi) is 6.64. The Morgan fingerprint density at radius 3 is 2.81 bits per heavy atom. The van der Waals surface area contributed by atoms with Crippen LogP contribution in [-0.2, 0) is 13.1 Å². The predicted molar refractivity (Wildman–Crippen MR) is 86.1 cm³/mol. The quantitative estimate of drug-likeness (QED) is 0.759. The Morgan fingerprint density at radius 1 is 1.38 bits per heavy atom. The molecule has 0 unspecified atom stereocenters. The van der Waals surface area contributed by atoms with Crippen molar-refractivity contribution in [2.75, 3.05) is 19.6 Å². The number of hydrogen-bond acceptors (Lipinski definition) is 4. The van der Waals surface area contributed by atoms with Gasteiger partial charge in [-0.25, -0.2) is 0 Å². The van der Waals surface area contributed by atoms with E-state index >= 15 is 0 Å². The van der Waals surface area contributed by atoms with E-state index in [1.54, 1.807) is 0 Å². The van der Waals surface area contributed by atoms with Crippen molar-refractivity contribution in [2.45, 2.75) is 65.6 Å². The molecule has 0 amide bonds. The van der Waals surface area contributed by atoms with Crippen LogP contribution in [0.2, 0.25) is 0 Å². The molecule has 1 N–H and O–H groups in total. The summed E-state index contributed by atoms with van der Waals surface area (Å²) in [7, 11) is 0. The highest BCUT2D eigenvalue weighted by molar-refractivity contribution is 4.91. The Hall–Kier alpha value is -0.940. The van der Waals surface area contributed by atoms with Crippen molar-refractivity contribution in [2.24, 2.45) is 5.92 Å². The van der Waals surface area contributed by atoms with E-state index in [0.717, 1.165) is 43.8 Å². The zero-order valence-electron chi connectivity index (χ0n) is 13.9. The van der Waals surface area contributed by atoms with Crippen LogP contribution in [0.15, 0.2) is 6.20 Å². The summed E-state index contributed by atoms with van der Waals surface area (Å²) < 4.78 is 1.99. The Labute approximate surface area is 129 Å². The molecule has 120 valence electrons. The molecule has 0 aromatic carbocycles. The SMILES string of the molecule is CCNCc1cn(CCN(CC(C)C)C2CCCC2)nn1. The van der Waals surface area contributed by atoms with Crippen LogP contribution < -0.4 is 5.32 Å². The molecule has 0 saturated heterocycles. The van der Waals surface area contributed by atoms with Gasteiger partial charge >= 0.3 is 0 Å². The maximum atomic E-state index is 4.25. The fourth-order valence-corrected chi connectivity index (χ4v) is 3.17. The Balaban J connectivity index is 1.83. The zero-order valence-corrected chi connectivity index (χ0v) is 13.9. The first-order chi connectivity index (χ1) is 10.2. The lowest BCUT2D eigenvalue weighted by molar-refractivity contribution is 0.168. The van der Waals surface area contributed by atoms with E-state index in [1.807, 2.05) is 4.68 Å². The molecular weight excluding hydrogens is 262 g/mol. The van der Waals surface area contributed by atoms with E-state index in [1.165, 1.54) is 32.2 Å². The minimum atomic E-state index is 0.727. The van der Waals surface area contributed by atoms with Gasteiger partial charge in [0.25, 0.3) is 0 Å². The minimum Gasteiger partial charge on any atom is -0.311 e. The van der Waals surface area contributed by atoms with Crippen molar-refractivity contribution in [1.29, 1.82) is 0 Å². The molecule has 21 heavy (non-hydrogen) atoms. The third-order valence-corrected chi connectivity index (χ3v) is 4.20. The molecule has 1 aliphatic carbocycles. The van der Waals surface area contributed by atoms with Gasteiger partial charge in [-0.3, -0.25) is 9.58 Å². The maximum Gasteiger partial charge on any atom is 0.0964 e. The van der Waals surface area contributed by atoms with Crippen LogP contribution in [0.4, 0.5) is 0 Å². The largest absolute Gasteiger partial charge is 0.311 e. The molecule has 0 aliphatic heterocycles. The highest BCUT2D eigenvalue weighted by atomic mass is 15.4. The minimum absolute atomic E-state index is 0.727. The van der Waals surface area contributed by atoms with Gasteiger partial charge in [-0.1, -0.05) is 38.8 Å². The van der Waals surface area contributed by atoms with E-state index in [9.17, 15) is 0 Å². The predicted octanol–water partition coefficient (Wildman–Crippen LogP) is 2.29. The Bertz CT molecular complexity index is 395. The normalized spacial score (nSPS) is 16.4. The average molecular weight is 293 g/mol. The molecule has 1 aliphatic rings. The lowest BCUT2D eigenvalue weighted by Gasteiger charge is -2.30. The summed E-state index contributed by atoms with van der Waals surface area (Å²) in [6.45, 7) is 11.7. The first kappa shape index (κ1) is 16.4. The van der Waals surface area contributed by atoms with Crippen LogP contribution >= 0.6 is 0 Å². The summed E-state index contributed by atoms with van der Waals surface area (Å²) in [4.78, 5) is 2.67. The van der Waals surface area contributed by atoms with Crippen molar-refractivity contribution >= 4 is 0 Å². The molecule has 5 nitrogen and oxygen atoms in total. The van der Waals surface area contributed by atoms with Crippen molar-refractivity contribution in [3.63, 3.8) is 0 Å². The molecule has 1 fully saturated rings. The van der Waals surface area contributed by atoms with E-state index in [-0.39, 0.29) is 0 Å². The molecule has 5 heteroatoms. The van der Waals surface area contributed by atoms with Crippen LogP contribution in [0.1, 0.15) is 52.1 Å². The molecule has 1 aromatic heterocycles. The van der Waals surface area contributed by atoms with E-state index in [2.05, 4.69) is 47.5 Å². The second-order valence-electron chi connectivity index (χ2n) is 6.58. The van der Waals surface area contributed by atoms with Crippen LogP contribution in [0, 0.1) is 5.92 Å². The van der Waals surface area contributed by atoms with Gasteiger partial charge in [0.15, 0.2) is 0 Å². The van der Waals surface area contributed by atoms with Crippen LogP contribution in [0.5, 0.6) is 0 Å². The highest BCUT2D eigenvalue weighted by Gasteiger charge is 2.22. The van der Waals surface area contributed by atoms with Gasteiger partial charge in [-0.05, 0) is 25.3 Å². The molecule has 0 spiro atoms. The van der Waals surface area contributed by atoms with Gasteiger partial charge in [0.05, 0.1) is 12.2 Å². The number of aromatic nitrogens is 3. The first-order valence-corrected chi connectivity index (χ1v) is 8.52. The number of nitrogens with zero attached hydrogens (tertiary/aromatic N) is 4. The average Bonchev–Trinajstić information content (AvgIpc) is 3.12. The molecule has 0 atom stereocenters. The third-order valence-electron chi connectivity index (χ3n) is 4.20. The lowest BCUT2D eigenvalue weighted by Crippen LogP contribution is -2.38. The van der Waals surface area contributed by atoms with Crippen molar-refractivity contribution < 1.29 is 0 Å². The topological polar surface area (TPSA) is 46.0 Å². The van der Waals surface area contributed by atoms with Crippen LogP contribution in [-0.4, -0.2) is 45.6 Å². The molecule has 1 heterocycles. The van der Waals surface area contributed by atoms with Gasteiger partial charge in [-0.2, -0.15) is 0 Å². The molecule has 1 aromatic rings. The van der Waals surface area contributed by atoms with Gasteiger partial charge in [-0.15, -0.1) is 5.10 Å². The summed E-state index contributed by atoms with van der Waals surface area (Å²) >= 11 is 0. The second kappa shape index (κ2) is 8.49.